The molecule has 0 bridgehead atoms. The number of sulfonamides is 1. The first kappa shape index (κ1) is 12.8. The topological polar surface area (TPSA) is 59.5 Å². The highest BCUT2D eigenvalue weighted by atomic mass is 35.5. The van der Waals surface area contributed by atoms with Crippen molar-refractivity contribution in [1.29, 1.82) is 0 Å². The van der Waals surface area contributed by atoms with Crippen molar-refractivity contribution in [2.45, 2.75) is 17.9 Å². The van der Waals surface area contributed by atoms with E-state index in [-0.39, 0.29) is 16.1 Å². The van der Waals surface area contributed by atoms with Crippen molar-refractivity contribution in [3.63, 3.8) is 0 Å². The molecule has 2 rings (SSSR count). The highest BCUT2D eigenvalue weighted by molar-refractivity contribution is 7.89. The standard InChI is InChI=1S/C10H13ClN2O3S/c1-8-7-16-5-4-13(8)17(14,15)9-2-3-10(11)12-6-9/h2-3,6,8H,4-5,7H2,1H3/t8-/m1/s1. The maximum Gasteiger partial charge on any atom is 0.245 e. The van der Waals surface area contributed by atoms with Gasteiger partial charge in [-0.05, 0) is 19.1 Å². The summed E-state index contributed by atoms with van der Waals surface area (Å²) >= 11 is 5.64. The van der Waals surface area contributed by atoms with Crippen LogP contribution in [0.3, 0.4) is 0 Å². The Labute approximate surface area is 105 Å². The molecule has 1 aliphatic rings. The number of aromatic nitrogens is 1. The zero-order valence-corrected chi connectivity index (χ0v) is 10.9. The van der Waals surface area contributed by atoms with Crippen molar-refractivity contribution in [2.24, 2.45) is 0 Å². The number of nitrogens with zero attached hydrogens (tertiary/aromatic N) is 2. The number of halogens is 1. The number of hydrogen-bond donors (Lipinski definition) is 0. The highest BCUT2D eigenvalue weighted by Gasteiger charge is 2.31. The van der Waals surface area contributed by atoms with Crippen LogP contribution in [0.2, 0.25) is 5.15 Å². The summed E-state index contributed by atoms with van der Waals surface area (Å²) in [5.74, 6) is 0. The highest BCUT2D eigenvalue weighted by Crippen LogP contribution is 2.20. The smallest absolute Gasteiger partial charge is 0.245 e. The molecule has 0 N–H and O–H groups in total. The van der Waals surface area contributed by atoms with Crippen LogP contribution in [0.15, 0.2) is 23.2 Å². The van der Waals surface area contributed by atoms with Gasteiger partial charge in [0.25, 0.3) is 0 Å². The minimum Gasteiger partial charge on any atom is -0.378 e. The first-order chi connectivity index (χ1) is 8.01. The van der Waals surface area contributed by atoms with Gasteiger partial charge >= 0.3 is 0 Å². The summed E-state index contributed by atoms with van der Waals surface area (Å²) in [5.41, 5.74) is 0. The summed E-state index contributed by atoms with van der Waals surface area (Å²) in [6.07, 6.45) is 1.28. The van der Waals surface area contributed by atoms with Crippen molar-refractivity contribution in [3.05, 3.63) is 23.5 Å². The first-order valence-electron chi connectivity index (χ1n) is 5.23. The summed E-state index contributed by atoms with van der Waals surface area (Å²) < 4.78 is 31.2. The Bertz CT molecular complexity index is 489. The molecule has 0 saturated carbocycles. The van der Waals surface area contributed by atoms with E-state index in [1.165, 1.54) is 22.6 Å². The quantitative estimate of drug-likeness (QED) is 0.760. The van der Waals surface area contributed by atoms with Gasteiger partial charge in [0.1, 0.15) is 10.0 Å². The van der Waals surface area contributed by atoms with Gasteiger partial charge in [-0.1, -0.05) is 11.6 Å². The van der Waals surface area contributed by atoms with Crippen LogP contribution in [-0.4, -0.2) is 43.5 Å². The van der Waals surface area contributed by atoms with E-state index in [2.05, 4.69) is 4.98 Å². The maximum atomic E-state index is 12.3. The second-order valence-corrected chi connectivity index (χ2v) is 6.13. The number of morpholine rings is 1. The SMILES string of the molecule is C[C@@H]1COCCN1S(=O)(=O)c1ccc(Cl)nc1. The average Bonchev–Trinajstić information content (AvgIpc) is 2.30. The molecule has 1 atom stereocenters. The molecule has 0 spiro atoms. The number of rotatable bonds is 2. The molecule has 0 radical (unpaired) electrons. The molecule has 1 aliphatic heterocycles. The van der Waals surface area contributed by atoms with Crippen molar-refractivity contribution < 1.29 is 13.2 Å². The van der Waals surface area contributed by atoms with Gasteiger partial charge in [0.15, 0.2) is 0 Å². The Morgan fingerprint density at radius 2 is 2.29 bits per heavy atom. The van der Waals surface area contributed by atoms with E-state index in [9.17, 15) is 8.42 Å². The van der Waals surface area contributed by atoms with Gasteiger partial charge in [-0.25, -0.2) is 13.4 Å². The van der Waals surface area contributed by atoms with Gasteiger partial charge < -0.3 is 4.74 Å². The van der Waals surface area contributed by atoms with Gasteiger partial charge in [-0.3, -0.25) is 0 Å². The Hall–Kier alpha value is -0.690. The fourth-order valence-corrected chi connectivity index (χ4v) is 3.38. The van der Waals surface area contributed by atoms with Crippen molar-refractivity contribution >= 4 is 21.6 Å². The van der Waals surface area contributed by atoms with Crippen LogP contribution in [0.1, 0.15) is 6.92 Å². The van der Waals surface area contributed by atoms with Crippen LogP contribution in [-0.2, 0) is 14.8 Å². The van der Waals surface area contributed by atoms with Crippen molar-refractivity contribution in [3.8, 4) is 0 Å². The number of pyridine rings is 1. The lowest BCUT2D eigenvalue weighted by Gasteiger charge is -2.32. The Balaban J connectivity index is 2.32. The maximum absolute atomic E-state index is 12.3. The minimum absolute atomic E-state index is 0.163. The molecule has 17 heavy (non-hydrogen) atoms. The molecule has 1 aromatic heterocycles. The molecule has 5 nitrogen and oxygen atoms in total. The van der Waals surface area contributed by atoms with E-state index in [1.54, 1.807) is 0 Å². The summed E-state index contributed by atoms with van der Waals surface area (Å²) in [5, 5.41) is 0.277. The molecule has 0 amide bonds. The molecule has 0 unspecified atom stereocenters. The van der Waals surface area contributed by atoms with Gasteiger partial charge in [0.2, 0.25) is 10.0 Å². The van der Waals surface area contributed by atoms with E-state index in [0.717, 1.165) is 0 Å². The largest absolute Gasteiger partial charge is 0.378 e. The number of ether oxygens (including phenoxy) is 1. The molecular weight excluding hydrogens is 264 g/mol. The Morgan fingerprint density at radius 1 is 1.53 bits per heavy atom. The minimum atomic E-state index is -3.50. The van der Waals surface area contributed by atoms with Crippen LogP contribution in [0.4, 0.5) is 0 Å². The van der Waals surface area contributed by atoms with E-state index in [4.69, 9.17) is 16.3 Å². The lowest BCUT2D eigenvalue weighted by atomic mass is 10.3. The van der Waals surface area contributed by atoms with Crippen LogP contribution >= 0.6 is 11.6 Å². The predicted octanol–water partition coefficient (Wildman–Crippen LogP) is 1.14. The summed E-state index contributed by atoms with van der Waals surface area (Å²) in [6, 6.07) is 2.77. The zero-order valence-electron chi connectivity index (χ0n) is 9.34. The normalized spacial score (nSPS) is 22.6. The van der Waals surface area contributed by atoms with Gasteiger partial charge in [-0.2, -0.15) is 4.31 Å². The molecule has 0 aromatic carbocycles. The molecule has 1 saturated heterocycles. The van der Waals surface area contributed by atoms with Gasteiger partial charge in [-0.15, -0.1) is 0 Å². The lowest BCUT2D eigenvalue weighted by Crippen LogP contribution is -2.46. The average molecular weight is 277 g/mol. The molecule has 94 valence electrons. The third-order valence-electron chi connectivity index (χ3n) is 2.61. The zero-order chi connectivity index (χ0) is 12.5. The number of hydrogen-bond acceptors (Lipinski definition) is 4. The fourth-order valence-electron chi connectivity index (χ4n) is 1.72. The van der Waals surface area contributed by atoms with Crippen molar-refractivity contribution in [1.82, 2.24) is 9.29 Å². The monoisotopic (exact) mass is 276 g/mol. The van der Waals surface area contributed by atoms with E-state index < -0.39 is 10.0 Å². The van der Waals surface area contributed by atoms with E-state index in [1.807, 2.05) is 6.92 Å². The van der Waals surface area contributed by atoms with Crippen LogP contribution < -0.4 is 0 Å². The molecule has 1 aromatic rings. The van der Waals surface area contributed by atoms with Gasteiger partial charge in [0, 0.05) is 18.8 Å². The summed E-state index contributed by atoms with van der Waals surface area (Å²) in [7, 11) is -3.50. The molecule has 2 heterocycles. The third kappa shape index (κ3) is 2.60. The van der Waals surface area contributed by atoms with E-state index >= 15 is 0 Å². The second kappa shape index (κ2) is 4.89. The molecule has 1 fully saturated rings. The van der Waals surface area contributed by atoms with E-state index in [0.29, 0.717) is 19.8 Å². The van der Waals surface area contributed by atoms with Crippen LogP contribution in [0.25, 0.3) is 0 Å². The molecule has 7 heteroatoms. The van der Waals surface area contributed by atoms with Crippen molar-refractivity contribution in [2.75, 3.05) is 19.8 Å². The Morgan fingerprint density at radius 3 is 2.88 bits per heavy atom. The summed E-state index contributed by atoms with van der Waals surface area (Å²) in [4.78, 5) is 3.96. The lowest BCUT2D eigenvalue weighted by molar-refractivity contribution is 0.0392. The molecular formula is C10H13ClN2O3S. The first-order valence-corrected chi connectivity index (χ1v) is 7.05. The molecule has 0 aliphatic carbocycles. The Kier molecular flexibility index (Phi) is 3.67. The predicted molar refractivity (Wildman–Crippen MR) is 63.4 cm³/mol. The third-order valence-corrected chi connectivity index (χ3v) is 4.83. The second-order valence-electron chi connectivity index (χ2n) is 3.86. The van der Waals surface area contributed by atoms with Crippen LogP contribution in [0, 0.1) is 0 Å². The van der Waals surface area contributed by atoms with Crippen LogP contribution in [0.5, 0.6) is 0 Å². The van der Waals surface area contributed by atoms with Gasteiger partial charge in [0.05, 0.1) is 13.2 Å². The fraction of sp³-hybridized carbons (Fsp3) is 0.500. The summed E-state index contributed by atoms with van der Waals surface area (Å²) in [6.45, 7) is 3.02.